The van der Waals surface area contributed by atoms with Crippen LogP contribution >= 0.6 is 0 Å². The Kier molecular flexibility index (Phi) is 3.29. The van der Waals surface area contributed by atoms with Gasteiger partial charge in [-0.25, -0.2) is 0 Å². The van der Waals surface area contributed by atoms with Gasteiger partial charge >= 0.3 is 0 Å². The molecule has 5 heteroatoms. The first-order chi connectivity index (χ1) is 9.26. The molecule has 2 atom stereocenters. The van der Waals surface area contributed by atoms with Crippen LogP contribution in [0.5, 0.6) is 11.5 Å². The average molecular weight is 263 g/mol. The second kappa shape index (κ2) is 5.09. The van der Waals surface area contributed by atoms with Crippen molar-refractivity contribution in [1.82, 2.24) is 5.32 Å². The van der Waals surface area contributed by atoms with Crippen LogP contribution in [0.4, 0.5) is 0 Å². The van der Waals surface area contributed by atoms with Crippen molar-refractivity contribution in [3.63, 3.8) is 0 Å². The number of benzene rings is 1. The second-order valence-corrected chi connectivity index (χ2v) is 4.84. The molecule has 0 aromatic heterocycles. The summed E-state index contributed by atoms with van der Waals surface area (Å²) in [6.45, 7) is 1.30. The van der Waals surface area contributed by atoms with Crippen molar-refractivity contribution in [2.24, 2.45) is 0 Å². The standard InChI is InChI=1S/C14H17NO4/c1-17-12-4-2-9(11-3-5-14(16)15-11)6-13(12)19-8-10-7-18-10/h2,4,6,10-11H,3,5,7-8H2,1H3,(H,15,16). The van der Waals surface area contributed by atoms with Crippen LogP contribution in [-0.2, 0) is 9.53 Å². The third-order valence-corrected chi connectivity index (χ3v) is 3.41. The zero-order valence-electron chi connectivity index (χ0n) is 10.8. The summed E-state index contributed by atoms with van der Waals surface area (Å²) in [5.74, 6) is 1.51. The number of hydrogen-bond donors (Lipinski definition) is 1. The van der Waals surface area contributed by atoms with E-state index in [0.29, 0.717) is 24.5 Å². The summed E-state index contributed by atoms with van der Waals surface area (Å²) in [6, 6.07) is 5.87. The molecule has 1 aromatic carbocycles. The van der Waals surface area contributed by atoms with E-state index in [4.69, 9.17) is 14.2 Å². The van der Waals surface area contributed by atoms with Gasteiger partial charge in [0.1, 0.15) is 12.7 Å². The maximum atomic E-state index is 11.3. The van der Waals surface area contributed by atoms with Gasteiger partial charge in [-0.15, -0.1) is 0 Å². The van der Waals surface area contributed by atoms with Crippen LogP contribution in [0, 0.1) is 0 Å². The number of ether oxygens (including phenoxy) is 3. The number of methoxy groups -OCH3 is 1. The molecule has 0 aliphatic carbocycles. The van der Waals surface area contributed by atoms with Crippen molar-refractivity contribution >= 4 is 5.91 Å². The van der Waals surface area contributed by atoms with Crippen LogP contribution in [0.3, 0.4) is 0 Å². The molecule has 2 aliphatic rings. The summed E-state index contributed by atoms with van der Waals surface area (Å²) in [6.07, 6.45) is 1.62. The van der Waals surface area contributed by atoms with Crippen LogP contribution in [0.15, 0.2) is 18.2 Å². The van der Waals surface area contributed by atoms with Crippen molar-refractivity contribution in [2.45, 2.75) is 25.0 Å². The molecule has 0 spiro atoms. The van der Waals surface area contributed by atoms with Gasteiger partial charge < -0.3 is 19.5 Å². The normalized spacial score (nSPS) is 25.0. The van der Waals surface area contributed by atoms with Crippen LogP contribution in [0.25, 0.3) is 0 Å². The summed E-state index contributed by atoms with van der Waals surface area (Å²) in [5.41, 5.74) is 1.05. The van der Waals surface area contributed by atoms with E-state index in [1.807, 2.05) is 18.2 Å². The number of amides is 1. The maximum Gasteiger partial charge on any atom is 0.220 e. The van der Waals surface area contributed by atoms with Crippen LogP contribution in [0.1, 0.15) is 24.4 Å². The Labute approximate surface area is 111 Å². The topological polar surface area (TPSA) is 60.1 Å². The highest BCUT2D eigenvalue weighted by molar-refractivity contribution is 5.78. The number of hydrogen-bond acceptors (Lipinski definition) is 4. The lowest BCUT2D eigenvalue weighted by atomic mass is 10.0. The summed E-state index contributed by atoms with van der Waals surface area (Å²) in [7, 11) is 1.62. The largest absolute Gasteiger partial charge is 0.493 e. The van der Waals surface area contributed by atoms with Gasteiger partial charge in [-0.1, -0.05) is 6.07 Å². The minimum Gasteiger partial charge on any atom is -0.493 e. The molecule has 3 rings (SSSR count). The van der Waals surface area contributed by atoms with E-state index in [0.717, 1.165) is 18.6 Å². The molecule has 1 amide bonds. The highest BCUT2D eigenvalue weighted by atomic mass is 16.6. The fourth-order valence-corrected chi connectivity index (χ4v) is 2.23. The SMILES string of the molecule is COc1ccc(C2CCC(=O)N2)cc1OCC1CO1. The molecule has 1 N–H and O–H groups in total. The summed E-state index contributed by atoms with van der Waals surface area (Å²) in [4.78, 5) is 11.3. The van der Waals surface area contributed by atoms with Gasteiger partial charge in [-0.05, 0) is 24.1 Å². The van der Waals surface area contributed by atoms with Crippen molar-refractivity contribution in [1.29, 1.82) is 0 Å². The molecular formula is C14H17NO4. The van der Waals surface area contributed by atoms with Gasteiger partial charge in [0.15, 0.2) is 11.5 Å². The lowest BCUT2D eigenvalue weighted by Gasteiger charge is -2.15. The molecule has 2 fully saturated rings. The molecule has 0 radical (unpaired) electrons. The zero-order valence-corrected chi connectivity index (χ0v) is 10.8. The number of rotatable bonds is 5. The molecule has 2 saturated heterocycles. The van der Waals surface area contributed by atoms with E-state index in [9.17, 15) is 4.79 Å². The Bertz CT molecular complexity index is 484. The zero-order chi connectivity index (χ0) is 13.2. The minimum absolute atomic E-state index is 0.0814. The highest BCUT2D eigenvalue weighted by Gasteiger charge is 2.25. The third kappa shape index (κ3) is 2.81. The van der Waals surface area contributed by atoms with E-state index in [1.165, 1.54) is 0 Å². The highest BCUT2D eigenvalue weighted by Crippen LogP contribution is 2.33. The minimum atomic E-state index is 0.0814. The van der Waals surface area contributed by atoms with E-state index < -0.39 is 0 Å². The predicted molar refractivity (Wildman–Crippen MR) is 68.3 cm³/mol. The van der Waals surface area contributed by atoms with E-state index >= 15 is 0 Å². The van der Waals surface area contributed by atoms with Crippen molar-refractivity contribution < 1.29 is 19.0 Å². The molecule has 102 valence electrons. The fourth-order valence-electron chi connectivity index (χ4n) is 2.23. The Morgan fingerprint density at radius 1 is 1.42 bits per heavy atom. The van der Waals surface area contributed by atoms with Gasteiger partial charge in [0, 0.05) is 6.42 Å². The first kappa shape index (κ1) is 12.3. The molecule has 0 saturated carbocycles. The van der Waals surface area contributed by atoms with Gasteiger partial charge in [-0.2, -0.15) is 0 Å². The van der Waals surface area contributed by atoms with Crippen molar-refractivity contribution in [3.05, 3.63) is 23.8 Å². The van der Waals surface area contributed by atoms with Crippen LogP contribution < -0.4 is 14.8 Å². The third-order valence-electron chi connectivity index (χ3n) is 3.41. The Balaban J connectivity index is 1.76. The summed E-state index contributed by atoms with van der Waals surface area (Å²) < 4.78 is 16.1. The smallest absolute Gasteiger partial charge is 0.220 e. The number of epoxide rings is 1. The van der Waals surface area contributed by atoms with Gasteiger partial charge in [0.2, 0.25) is 5.91 Å². The Morgan fingerprint density at radius 2 is 2.26 bits per heavy atom. The molecule has 2 heterocycles. The molecule has 1 aromatic rings. The lowest BCUT2D eigenvalue weighted by molar-refractivity contribution is -0.119. The molecule has 0 bridgehead atoms. The van der Waals surface area contributed by atoms with Crippen molar-refractivity contribution in [3.8, 4) is 11.5 Å². The average Bonchev–Trinajstić information content (AvgIpc) is 3.16. The van der Waals surface area contributed by atoms with E-state index in [2.05, 4.69) is 5.32 Å². The summed E-state index contributed by atoms with van der Waals surface area (Å²) in [5, 5.41) is 2.95. The second-order valence-electron chi connectivity index (χ2n) is 4.84. The first-order valence-corrected chi connectivity index (χ1v) is 6.48. The molecule has 2 aliphatic heterocycles. The van der Waals surface area contributed by atoms with Gasteiger partial charge in [0.25, 0.3) is 0 Å². The predicted octanol–water partition coefficient (Wildman–Crippen LogP) is 1.42. The van der Waals surface area contributed by atoms with E-state index in [-0.39, 0.29) is 18.1 Å². The molecule has 2 unspecified atom stereocenters. The fraction of sp³-hybridized carbons (Fsp3) is 0.500. The van der Waals surface area contributed by atoms with Crippen LogP contribution in [0.2, 0.25) is 0 Å². The quantitative estimate of drug-likeness (QED) is 0.816. The molecule has 5 nitrogen and oxygen atoms in total. The number of carbonyl (C=O) groups is 1. The van der Waals surface area contributed by atoms with Crippen LogP contribution in [-0.4, -0.2) is 32.3 Å². The molecule has 19 heavy (non-hydrogen) atoms. The molecular weight excluding hydrogens is 246 g/mol. The maximum absolute atomic E-state index is 11.3. The number of nitrogens with one attached hydrogen (secondary N) is 1. The number of carbonyl (C=O) groups excluding carboxylic acids is 1. The van der Waals surface area contributed by atoms with Gasteiger partial charge in [0.05, 0.1) is 19.8 Å². The Hall–Kier alpha value is -1.75. The monoisotopic (exact) mass is 263 g/mol. The Morgan fingerprint density at radius 3 is 2.89 bits per heavy atom. The first-order valence-electron chi connectivity index (χ1n) is 6.48. The lowest BCUT2D eigenvalue weighted by Crippen LogP contribution is -2.18. The summed E-state index contributed by atoms with van der Waals surface area (Å²) >= 11 is 0. The van der Waals surface area contributed by atoms with Gasteiger partial charge in [-0.3, -0.25) is 4.79 Å². The van der Waals surface area contributed by atoms with E-state index in [1.54, 1.807) is 7.11 Å². The van der Waals surface area contributed by atoms with Crippen molar-refractivity contribution in [2.75, 3.05) is 20.3 Å².